The van der Waals surface area contributed by atoms with E-state index in [4.69, 9.17) is 39.5 Å². The van der Waals surface area contributed by atoms with Crippen LogP contribution in [0.1, 0.15) is 6.42 Å². The molecule has 7 heteroatoms. The van der Waals surface area contributed by atoms with Gasteiger partial charge >= 0.3 is 0 Å². The van der Waals surface area contributed by atoms with E-state index in [1.165, 1.54) is 0 Å². The van der Waals surface area contributed by atoms with Crippen molar-refractivity contribution in [2.75, 3.05) is 37.7 Å². The van der Waals surface area contributed by atoms with Crippen molar-refractivity contribution < 1.29 is 9.53 Å². The number of rotatable bonds is 5. The second kappa shape index (κ2) is 8.85. The lowest BCUT2D eigenvalue weighted by Crippen LogP contribution is -2.49. The first kappa shape index (κ1) is 19.2. The minimum atomic E-state index is 0.0933. The van der Waals surface area contributed by atoms with Gasteiger partial charge in [0, 0.05) is 43.0 Å². The van der Waals surface area contributed by atoms with Crippen LogP contribution in [0.3, 0.4) is 0 Å². The van der Waals surface area contributed by atoms with Crippen molar-refractivity contribution in [3.05, 3.63) is 57.5 Å². The highest BCUT2D eigenvalue weighted by atomic mass is 35.5. The molecule has 0 N–H and O–H groups in total. The first-order valence-corrected chi connectivity index (χ1v) is 9.52. The van der Waals surface area contributed by atoms with Crippen molar-refractivity contribution in [3.63, 3.8) is 0 Å². The fraction of sp³-hybridized carbons (Fsp3) is 0.316. The maximum Gasteiger partial charge on any atom is 0.226 e. The number of hydrogen-bond donors (Lipinski definition) is 0. The Morgan fingerprint density at radius 2 is 1.73 bits per heavy atom. The summed E-state index contributed by atoms with van der Waals surface area (Å²) in [6.45, 7) is 3.28. The summed E-state index contributed by atoms with van der Waals surface area (Å²) < 4.78 is 5.59. The molecule has 4 nitrogen and oxygen atoms in total. The van der Waals surface area contributed by atoms with Crippen LogP contribution in [-0.2, 0) is 4.79 Å². The molecule has 1 amide bonds. The lowest BCUT2D eigenvalue weighted by atomic mass is 10.2. The number of carbonyl (C=O) groups is 1. The van der Waals surface area contributed by atoms with Crippen LogP contribution in [0.25, 0.3) is 0 Å². The Balaban J connectivity index is 1.44. The van der Waals surface area contributed by atoms with Crippen molar-refractivity contribution in [2.45, 2.75) is 6.42 Å². The van der Waals surface area contributed by atoms with Gasteiger partial charge in [-0.15, -0.1) is 0 Å². The Hall–Kier alpha value is -1.62. The molecule has 138 valence electrons. The molecule has 1 saturated heterocycles. The predicted octanol–water partition coefficient (Wildman–Crippen LogP) is 4.76. The van der Waals surface area contributed by atoms with Crippen LogP contribution in [0.2, 0.25) is 15.1 Å². The molecule has 0 unspecified atom stereocenters. The first-order valence-electron chi connectivity index (χ1n) is 8.39. The third-order valence-electron chi connectivity index (χ3n) is 4.28. The molecule has 0 atom stereocenters. The number of piperazine rings is 1. The summed E-state index contributed by atoms with van der Waals surface area (Å²) in [5, 5.41) is 1.64. The summed E-state index contributed by atoms with van der Waals surface area (Å²) >= 11 is 17.9. The zero-order valence-corrected chi connectivity index (χ0v) is 16.4. The monoisotopic (exact) mass is 412 g/mol. The van der Waals surface area contributed by atoms with E-state index in [1.54, 1.807) is 18.2 Å². The third kappa shape index (κ3) is 4.97. The van der Waals surface area contributed by atoms with Crippen LogP contribution in [0.5, 0.6) is 5.75 Å². The Morgan fingerprint density at radius 1 is 0.962 bits per heavy atom. The highest BCUT2D eigenvalue weighted by molar-refractivity contribution is 6.42. The fourth-order valence-electron chi connectivity index (χ4n) is 2.87. The summed E-state index contributed by atoms with van der Waals surface area (Å²) in [5.74, 6) is 0.703. The molecule has 1 aliphatic heterocycles. The Kier molecular flexibility index (Phi) is 6.52. The molecule has 0 aromatic heterocycles. The van der Waals surface area contributed by atoms with Crippen LogP contribution in [0, 0.1) is 0 Å². The van der Waals surface area contributed by atoms with Gasteiger partial charge in [-0.2, -0.15) is 0 Å². The molecule has 2 aromatic rings. The smallest absolute Gasteiger partial charge is 0.226 e. The minimum Gasteiger partial charge on any atom is -0.493 e. The molecule has 26 heavy (non-hydrogen) atoms. The van der Waals surface area contributed by atoms with Gasteiger partial charge in [0.2, 0.25) is 5.91 Å². The quantitative estimate of drug-likeness (QED) is 0.708. The van der Waals surface area contributed by atoms with Crippen LogP contribution in [0.15, 0.2) is 42.5 Å². The van der Waals surface area contributed by atoms with Crippen molar-refractivity contribution in [2.24, 2.45) is 0 Å². The second-order valence-corrected chi connectivity index (χ2v) is 7.27. The van der Waals surface area contributed by atoms with E-state index in [2.05, 4.69) is 4.90 Å². The standard InChI is InChI=1S/C19H19Cl3N2O2/c20-14-2-1-3-15(12-14)23-7-9-24(10-8-23)19(25)6-11-26-16-4-5-17(21)18(22)13-16/h1-5,12-13H,6-11H2. The number of anilines is 1. The summed E-state index contributed by atoms with van der Waals surface area (Å²) in [6, 6.07) is 12.9. The number of carbonyl (C=O) groups excluding carboxylic acids is 1. The predicted molar refractivity (Wildman–Crippen MR) is 107 cm³/mol. The molecule has 0 aliphatic carbocycles. The van der Waals surface area contributed by atoms with Crippen molar-refractivity contribution in [3.8, 4) is 5.75 Å². The lowest BCUT2D eigenvalue weighted by Gasteiger charge is -2.36. The van der Waals surface area contributed by atoms with Crippen LogP contribution < -0.4 is 9.64 Å². The average Bonchev–Trinajstić information content (AvgIpc) is 2.65. The minimum absolute atomic E-state index is 0.0933. The molecule has 0 bridgehead atoms. The van der Waals surface area contributed by atoms with E-state index in [0.717, 1.165) is 23.8 Å². The van der Waals surface area contributed by atoms with E-state index < -0.39 is 0 Å². The zero-order valence-electron chi connectivity index (χ0n) is 14.1. The summed E-state index contributed by atoms with van der Waals surface area (Å²) in [7, 11) is 0. The molecular formula is C19H19Cl3N2O2. The molecule has 0 radical (unpaired) electrons. The second-order valence-electron chi connectivity index (χ2n) is 6.02. The van der Waals surface area contributed by atoms with Gasteiger partial charge in [-0.05, 0) is 30.3 Å². The topological polar surface area (TPSA) is 32.8 Å². The summed E-state index contributed by atoms with van der Waals surface area (Å²) in [6.07, 6.45) is 0.331. The maximum absolute atomic E-state index is 12.4. The molecule has 0 saturated carbocycles. The van der Waals surface area contributed by atoms with Gasteiger partial charge in [0.15, 0.2) is 0 Å². The largest absolute Gasteiger partial charge is 0.493 e. The molecule has 1 heterocycles. The van der Waals surface area contributed by atoms with Crippen molar-refractivity contribution >= 4 is 46.4 Å². The molecule has 1 fully saturated rings. The maximum atomic E-state index is 12.4. The van der Waals surface area contributed by atoms with Gasteiger partial charge in [0.1, 0.15) is 5.75 Å². The van der Waals surface area contributed by atoms with Gasteiger partial charge in [-0.25, -0.2) is 0 Å². The molecular weight excluding hydrogens is 395 g/mol. The van der Waals surface area contributed by atoms with Crippen molar-refractivity contribution in [1.82, 2.24) is 4.90 Å². The summed E-state index contributed by atoms with van der Waals surface area (Å²) in [4.78, 5) is 16.5. The van der Waals surface area contributed by atoms with Crippen LogP contribution >= 0.6 is 34.8 Å². The third-order valence-corrected chi connectivity index (χ3v) is 5.26. The number of amides is 1. The van der Waals surface area contributed by atoms with Gasteiger partial charge in [0.05, 0.1) is 23.1 Å². The molecule has 2 aromatic carbocycles. The molecule has 1 aliphatic rings. The van der Waals surface area contributed by atoms with E-state index in [1.807, 2.05) is 29.2 Å². The van der Waals surface area contributed by atoms with Gasteiger partial charge in [-0.3, -0.25) is 4.79 Å². The molecule has 3 rings (SSSR count). The Morgan fingerprint density at radius 3 is 2.42 bits per heavy atom. The summed E-state index contributed by atoms with van der Waals surface area (Å²) in [5.41, 5.74) is 1.09. The highest BCUT2D eigenvalue weighted by Crippen LogP contribution is 2.26. The first-order chi connectivity index (χ1) is 12.5. The Labute approximate surface area is 168 Å². The van der Waals surface area contributed by atoms with E-state index >= 15 is 0 Å². The van der Waals surface area contributed by atoms with Crippen molar-refractivity contribution in [1.29, 1.82) is 0 Å². The SMILES string of the molecule is O=C(CCOc1ccc(Cl)c(Cl)c1)N1CCN(c2cccc(Cl)c2)CC1. The number of halogens is 3. The number of ether oxygens (including phenoxy) is 1. The number of nitrogens with zero attached hydrogens (tertiary/aromatic N) is 2. The van der Waals surface area contributed by atoms with E-state index in [-0.39, 0.29) is 5.91 Å². The number of hydrogen-bond acceptors (Lipinski definition) is 3. The van der Waals surface area contributed by atoms with E-state index in [0.29, 0.717) is 41.9 Å². The van der Waals surface area contributed by atoms with Gasteiger partial charge in [0.25, 0.3) is 0 Å². The molecule has 0 spiro atoms. The Bertz CT molecular complexity index is 777. The fourth-order valence-corrected chi connectivity index (χ4v) is 3.34. The van der Waals surface area contributed by atoms with Gasteiger partial charge < -0.3 is 14.5 Å². The highest BCUT2D eigenvalue weighted by Gasteiger charge is 2.21. The van der Waals surface area contributed by atoms with Crippen LogP contribution in [0.4, 0.5) is 5.69 Å². The normalized spacial score (nSPS) is 14.4. The van der Waals surface area contributed by atoms with E-state index in [9.17, 15) is 4.79 Å². The lowest BCUT2D eigenvalue weighted by molar-refractivity contribution is -0.132. The number of benzene rings is 2. The average molecular weight is 414 g/mol. The zero-order chi connectivity index (χ0) is 18.5. The van der Waals surface area contributed by atoms with Gasteiger partial charge in [-0.1, -0.05) is 40.9 Å². The van der Waals surface area contributed by atoms with Crippen LogP contribution in [-0.4, -0.2) is 43.6 Å².